The minimum Gasteiger partial charge on any atom is -0.497 e. The second-order valence-corrected chi connectivity index (χ2v) is 5.62. The topological polar surface area (TPSA) is 51.2 Å². The number of methoxy groups -OCH3 is 1. The van der Waals surface area contributed by atoms with Gasteiger partial charge in [-0.2, -0.15) is 0 Å². The molecule has 0 spiro atoms. The van der Waals surface area contributed by atoms with E-state index in [4.69, 9.17) is 14.2 Å². The number of ether oxygens (including phenoxy) is 3. The zero-order valence-electron chi connectivity index (χ0n) is 13.0. The van der Waals surface area contributed by atoms with E-state index < -0.39 is 6.10 Å². The number of morpholine rings is 1. The smallest absolute Gasteiger partial charge is 0.123 e. The fourth-order valence-corrected chi connectivity index (χ4v) is 2.67. The second kappa shape index (κ2) is 7.64. The van der Waals surface area contributed by atoms with Crippen LogP contribution in [0.1, 0.15) is 13.8 Å². The van der Waals surface area contributed by atoms with Crippen LogP contribution in [0.3, 0.4) is 0 Å². The van der Waals surface area contributed by atoms with Crippen LogP contribution in [0.15, 0.2) is 24.3 Å². The van der Waals surface area contributed by atoms with E-state index in [0.717, 1.165) is 18.8 Å². The van der Waals surface area contributed by atoms with E-state index in [0.29, 0.717) is 12.3 Å². The van der Waals surface area contributed by atoms with Gasteiger partial charge < -0.3 is 19.3 Å². The zero-order chi connectivity index (χ0) is 15.2. The van der Waals surface area contributed by atoms with E-state index >= 15 is 0 Å². The van der Waals surface area contributed by atoms with Gasteiger partial charge in [-0.1, -0.05) is 6.07 Å². The number of nitrogens with zero attached hydrogens (tertiary/aromatic N) is 1. The van der Waals surface area contributed by atoms with Crippen LogP contribution in [0.5, 0.6) is 11.5 Å². The number of hydrogen-bond acceptors (Lipinski definition) is 5. The van der Waals surface area contributed by atoms with Gasteiger partial charge in [-0.25, -0.2) is 0 Å². The van der Waals surface area contributed by atoms with E-state index in [1.54, 1.807) is 7.11 Å². The molecule has 3 unspecified atom stereocenters. The summed E-state index contributed by atoms with van der Waals surface area (Å²) in [6, 6.07) is 7.39. The highest BCUT2D eigenvalue weighted by Crippen LogP contribution is 2.19. The third-order valence-corrected chi connectivity index (χ3v) is 3.45. The SMILES string of the molecule is COc1cccc(OCC(O)CN2CC(C)OC(C)C2)c1. The number of β-amino-alcohol motifs (C(OH)–C–C–N with tert-alkyl or cyclic N) is 1. The van der Waals surface area contributed by atoms with E-state index in [2.05, 4.69) is 18.7 Å². The molecule has 21 heavy (non-hydrogen) atoms. The molecular formula is C16H25NO4. The number of aliphatic hydroxyl groups excluding tert-OH is 1. The van der Waals surface area contributed by atoms with Crippen LogP contribution in [0, 0.1) is 0 Å². The zero-order valence-corrected chi connectivity index (χ0v) is 13.0. The van der Waals surface area contributed by atoms with E-state index in [9.17, 15) is 5.11 Å². The first-order chi connectivity index (χ1) is 10.1. The van der Waals surface area contributed by atoms with Gasteiger partial charge in [0.1, 0.15) is 24.2 Å². The average molecular weight is 295 g/mol. The molecule has 1 saturated heterocycles. The van der Waals surface area contributed by atoms with Gasteiger partial charge in [0.05, 0.1) is 19.3 Å². The average Bonchev–Trinajstić information content (AvgIpc) is 2.44. The van der Waals surface area contributed by atoms with Crippen LogP contribution >= 0.6 is 0 Å². The molecule has 1 N–H and O–H groups in total. The van der Waals surface area contributed by atoms with Crippen molar-refractivity contribution >= 4 is 0 Å². The molecule has 118 valence electrons. The molecule has 0 saturated carbocycles. The summed E-state index contributed by atoms with van der Waals surface area (Å²) in [6.07, 6.45) is -0.103. The Kier molecular flexibility index (Phi) is 5.85. The normalized spacial score (nSPS) is 24.6. The molecule has 1 aromatic rings. The summed E-state index contributed by atoms with van der Waals surface area (Å²) in [4.78, 5) is 2.22. The molecule has 0 aromatic heterocycles. The summed E-state index contributed by atoms with van der Waals surface area (Å²) in [7, 11) is 1.62. The highest BCUT2D eigenvalue weighted by atomic mass is 16.5. The summed E-state index contributed by atoms with van der Waals surface area (Å²) in [5, 5.41) is 10.1. The molecule has 0 radical (unpaired) electrons. The summed E-state index contributed by atoms with van der Waals surface area (Å²) in [5.74, 6) is 1.45. The maximum Gasteiger partial charge on any atom is 0.123 e. The molecule has 0 amide bonds. The Balaban J connectivity index is 1.77. The first-order valence-corrected chi connectivity index (χ1v) is 7.39. The molecule has 0 aliphatic carbocycles. The van der Waals surface area contributed by atoms with Gasteiger partial charge in [-0.05, 0) is 26.0 Å². The Morgan fingerprint density at radius 2 is 1.95 bits per heavy atom. The molecule has 1 aliphatic rings. The largest absolute Gasteiger partial charge is 0.497 e. The lowest BCUT2D eigenvalue weighted by Gasteiger charge is -2.36. The molecular weight excluding hydrogens is 270 g/mol. The number of aliphatic hydroxyl groups is 1. The van der Waals surface area contributed by atoms with Gasteiger partial charge >= 0.3 is 0 Å². The minimum absolute atomic E-state index is 0.209. The van der Waals surface area contributed by atoms with Gasteiger partial charge in [0.2, 0.25) is 0 Å². The van der Waals surface area contributed by atoms with Crippen molar-refractivity contribution in [3.05, 3.63) is 24.3 Å². The number of hydrogen-bond donors (Lipinski definition) is 1. The van der Waals surface area contributed by atoms with Crippen LogP contribution in [0.2, 0.25) is 0 Å². The van der Waals surface area contributed by atoms with Gasteiger partial charge in [0.25, 0.3) is 0 Å². The van der Waals surface area contributed by atoms with Crippen molar-refractivity contribution in [3.8, 4) is 11.5 Å². The van der Waals surface area contributed by atoms with E-state index in [1.165, 1.54) is 0 Å². The Hall–Kier alpha value is -1.30. The third-order valence-electron chi connectivity index (χ3n) is 3.45. The lowest BCUT2D eigenvalue weighted by Crippen LogP contribution is -2.48. The van der Waals surface area contributed by atoms with Crippen molar-refractivity contribution in [2.75, 3.05) is 33.4 Å². The Morgan fingerprint density at radius 3 is 2.62 bits per heavy atom. The Morgan fingerprint density at radius 1 is 1.29 bits per heavy atom. The third kappa shape index (κ3) is 5.19. The summed E-state index contributed by atoms with van der Waals surface area (Å²) >= 11 is 0. The summed E-state index contributed by atoms with van der Waals surface area (Å²) in [6.45, 7) is 6.68. The monoisotopic (exact) mass is 295 g/mol. The minimum atomic E-state index is -0.520. The molecule has 1 aromatic carbocycles. The fraction of sp³-hybridized carbons (Fsp3) is 0.625. The van der Waals surface area contributed by atoms with Crippen LogP contribution in [-0.4, -0.2) is 61.7 Å². The first-order valence-electron chi connectivity index (χ1n) is 7.39. The number of rotatable bonds is 6. The van der Waals surface area contributed by atoms with Crippen LogP contribution in [-0.2, 0) is 4.74 Å². The molecule has 5 nitrogen and oxygen atoms in total. The predicted molar refractivity (Wildman–Crippen MR) is 80.9 cm³/mol. The summed E-state index contributed by atoms with van der Waals surface area (Å²) < 4.78 is 16.4. The molecule has 1 fully saturated rings. The maximum atomic E-state index is 10.1. The Labute approximate surface area is 126 Å². The van der Waals surface area contributed by atoms with Crippen molar-refractivity contribution in [2.45, 2.75) is 32.2 Å². The molecule has 1 heterocycles. The second-order valence-electron chi connectivity index (χ2n) is 5.62. The van der Waals surface area contributed by atoms with Crippen molar-refractivity contribution in [3.63, 3.8) is 0 Å². The predicted octanol–water partition coefficient (Wildman–Crippen LogP) is 1.54. The van der Waals surface area contributed by atoms with Crippen LogP contribution in [0.25, 0.3) is 0 Å². The lowest BCUT2D eigenvalue weighted by atomic mass is 10.2. The van der Waals surface area contributed by atoms with Crippen LogP contribution in [0.4, 0.5) is 0 Å². The van der Waals surface area contributed by atoms with E-state index in [1.807, 2.05) is 24.3 Å². The standard InChI is InChI=1S/C16H25NO4/c1-12-8-17(9-13(2)21-12)10-14(18)11-20-16-6-4-5-15(7-16)19-3/h4-7,12-14,18H,8-11H2,1-3H3. The fourth-order valence-electron chi connectivity index (χ4n) is 2.67. The van der Waals surface area contributed by atoms with Crippen LogP contribution < -0.4 is 9.47 Å². The van der Waals surface area contributed by atoms with Crippen molar-refractivity contribution in [1.82, 2.24) is 4.90 Å². The van der Waals surface area contributed by atoms with Gasteiger partial charge in [0, 0.05) is 25.7 Å². The van der Waals surface area contributed by atoms with Gasteiger partial charge in [-0.15, -0.1) is 0 Å². The Bertz CT molecular complexity index is 430. The highest BCUT2D eigenvalue weighted by Gasteiger charge is 2.23. The van der Waals surface area contributed by atoms with Crippen molar-refractivity contribution < 1.29 is 19.3 Å². The van der Waals surface area contributed by atoms with Crippen molar-refractivity contribution in [1.29, 1.82) is 0 Å². The van der Waals surface area contributed by atoms with Gasteiger partial charge in [0.15, 0.2) is 0 Å². The molecule has 2 rings (SSSR count). The lowest BCUT2D eigenvalue weighted by molar-refractivity contribution is -0.0786. The van der Waals surface area contributed by atoms with Gasteiger partial charge in [-0.3, -0.25) is 4.90 Å². The maximum absolute atomic E-state index is 10.1. The summed E-state index contributed by atoms with van der Waals surface area (Å²) in [5.41, 5.74) is 0. The molecule has 1 aliphatic heterocycles. The first kappa shape index (κ1) is 16.1. The molecule has 5 heteroatoms. The van der Waals surface area contributed by atoms with E-state index in [-0.39, 0.29) is 18.8 Å². The van der Waals surface area contributed by atoms with Crippen molar-refractivity contribution in [2.24, 2.45) is 0 Å². The highest BCUT2D eigenvalue weighted by molar-refractivity contribution is 5.32. The molecule has 0 bridgehead atoms. The number of benzene rings is 1. The quantitative estimate of drug-likeness (QED) is 0.863. The molecule has 3 atom stereocenters.